The first-order valence-electron chi connectivity index (χ1n) is 12.1. The van der Waals surface area contributed by atoms with Crippen LogP contribution in [-0.4, -0.2) is 47.6 Å². The molecule has 1 saturated heterocycles. The molecule has 1 fully saturated rings. The molecule has 1 aromatic heterocycles. The van der Waals surface area contributed by atoms with Crippen LogP contribution in [0, 0.1) is 6.92 Å². The van der Waals surface area contributed by atoms with E-state index in [2.05, 4.69) is 9.97 Å². The van der Waals surface area contributed by atoms with Gasteiger partial charge in [0, 0.05) is 5.56 Å². The summed E-state index contributed by atoms with van der Waals surface area (Å²) < 4.78 is 16.3. The van der Waals surface area contributed by atoms with Crippen LogP contribution in [0.15, 0.2) is 66.2 Å². The van der Waals surface area contributed by atoms with E-state index in [1.807, 2.05) is 32.0 Å². The van der Waals surface area contributed by atoms with E-state index in [1.54, 1.807) is 42.5 Å². The van der Waals surface area contributed by atoms with E-state index in [0.717, 1.165) is 11.1 Å². The van der Waals surface area contributed by atoms with Gasteiger partial charge >= 0.3 is 5.91 Å². The predicted octanol–water partition coefficient (Wildman–Crippen LogP) is 4.91. The van der Waals surface area contributed by atoms with Gasteiger partial charge in [-0.05, 0) is 73.5 Å². The number of aromatic nitrogens is 2. The number of aliphatic hydroxyl groups is 1. The van der Waals surface area contributed by atoms with Crippen LogP contribution >= 0.6 is 0 Å². The number of fused-ring (bicyclic) bond motifs is 1. The molecule has 194 valence electrons. The van der Waals surface area contributed by atoms with E-state index in [4.69, 9.17) is 14.2 Å². The third-order valence-electron chi connectivity index (χ3n) is 6.46. The fraction of sp³-hybridized carbons (Fsp3) is 0.207. The number of carbonyl (C=O) groups is 2. The number of ketones is 1. The van der Waals surface area contributed by atoms with Crippen LogP contribution in [0.3, 0.4) is 0 Å². The third-order valence-corrected chi connectivity index (χ3v) is 6.46. The maximum absolute atomic E-state index is 13.5. The molecule has 0 bridgehead atoms. The lowest BCUT2D eigenvalue weighted by Crippen LogP contribution is -2.30. The number of aliphatic hydroxyl groups excluding tert-OH is 1. The van der Waals surface area contributed by atoms with Gasteiger partial charge in [-0.1, -0.05) is 12.1 Å². The molecule has 9 nitrogen and oxygen atoms in total. The summed E-state index contributed by atoms with van der Waals surface area (Å²) in [5, 5.41) is 11.4. The molecule has 38 heavy (non-hydrogen) atoms. The number of anilines is 1. The Labute approximate surface area is 219 Å². The number of aryl methyl sites for hydroxylation is 1. The minimum absolute atomic E-state index is 0.0667. The number of benzene rings is 3. The monoisotopic (exact) mass is 513 g/mol. The Bertz CT molecular complexity index is 1570. The van der Waals surface area contributed by atoms with Crippen LogP contribution in [0.2, 0.25) is 0 Å². The van der Waals surface area contributed by atoms with Crippen molar-refractivity contribution in [2.24, 2.45) is 0 Å². The van der Waals surface area contributed by atoms with Crippen molar-refractivity contribution in [1.29, 1.82) is 0 Å². The summed E-state index contributed by atoms with van der Waals surface area (Å²) in [6.07, 6.45) is 0. The first-order chi connectivity index (χ1) is 18.4. The molecule has 1 amide bonds. The second-order valence-electron chi connectivity index (χ2n) is 8.82. The largest absolute Gasteiger partial charge is 0.507 e. The molecule has 0 aliphatic carbocycles. The Kier molecular flexibility index (Phi) is 6.50. The number of imidazole rings is 1. The summed E-state index contributed by atoms with van der Waals surface area (Å²) in [5.74, 6) is -0.228. The Balaban J connectivity index is 1.71. The average Bonchev–Trinajstić information content (AvgIpc) is 3.45. The molecule has 3 aromatic carbocycles. The summed E-state index contributed by atoms with van der Waals surface area (Å²) in [5.41, 5.74) is 3.22. The highest BCUT2D eigenvalue weighted by Gasteiger charge is 2.48. The fourth-order valence-electron chi connectivity index (χ4n) is 4.64. The Morgan fingerprint density at radius 3 is 2.42 bits per heavy atom. The van der Waals surface area contributed by atoms with Crippen LogP contribution in [0.25, 0.3) is 16.8 Å². The van der Waals surface area contributed by atoms with Gasteiger partial charge in [0.25, 0.3) is 5.78 Å². The topological polar surface area (TPSA) is 114 Å². The van der Waals surface area contributed by atoms with Crippen molar-refractivity contribution >= 4 is 34.4 Å². The van der Waals surface area contributed by atoms with E-state index in [0.29, 0.717) is 40.5 Å². The number of nitrogens with one attached hydrogen (secondary N) is 1. The van der Waals surface area contributed by atoms with Gasteiger partial charge in [-0.25, -0.2) is 4.98 Å². The van der Waals surface area contributed by atoms with E-state index >= 15 is 0 Å². The minimum Gasteiger partial charge on any atom is -0.507 e. The number of methoxy groups -OCH3 is 2. The standard InChI is InChI=1S/C29H27N3O6/c1-5-38-19-10-7-17(8-11-19)26(33)24-25(18-9-13-22(36-3)23(15-18)37-4)32(28(35)27(24)34)29-30-20-12-6-16(2)14-21(20)31-29/h6-15,25,33H,5H2,1-4H3,(H,30,31)/b26-24+. The molecule has 2 N–H and O–H groups in total. The smallest absolute Gasteiger partial charge is 0.302 e. The number of hydrogen-bond acceptors (Lipinski definition) is 7. The van der Waals surface area contributed by atoms with Gasteiger partial charge in [-0.15, -0.1) is 0 Å². The molecule has 4 aromatic rings. The number of aromatic amines is 1. The van der Waals surface area contributed by atoms with Crippen LogP contribution in [-0.2, 0) is 9.59 Å². The van der Waals surface area contributed by atoms with Crippen molar-refractivity contribution in [3.63, 3.8) is 0 Å². The minimum atomic E-state index is -0.983. The van der Waals surface area contributed by atoms with Gasteiger partial charge < -0.3 is 24.3 Å². The van der Waals surface area contributed by atoms with Gasteiger partial charge in [0.2, 0.25) is 5.95 Å². The number of Topliss-reactive ketones (excluding diaryl/α,β-unsaturated/α-hetero) is 1. The van der Waals surface area contributed by atoms with Crippen LogP contribution < -0.4 is 19.1 Å². The molecule has 1 atom stereocenters. The zero-order chi connectivity index (χ0) is 27.0. The number of H-pyrrole nitrogens is 1. The zero-order valence-electron chi connectivity index (χ0n) is 21.4. The first kappa shape index (κ1) is 24.9. The maximum atomic E-state index is 13.5. The molecule has 0 spiro atoms. The molecular weight excluding hydrogens is 486 g/mol. The SMILES string of the molecule is CCOc1ccc(/C(O)=C2\C(=O)C(=O)N(c3nc4ccc(C)cc4[nH]3)C2c2ccc(OC)c(OC)c2)cc1. The summed E-state index contributed by atoms with van der Waals surface area (Å²) in [6.45, 7) is 4.32. The lowest BCUT2D eigenvalue weighted by molar-refractivity contribution is -0.132. The Morgan fingerprint density at radius 2 is 1.74 bits per heavy atom. The lowest BCUT2D eigenvalue weighted by Gasteiger charge is -2.24. The van der Waals surface area contributed by atoms with Crippen molar-refractivity contribution in [2.75, 3.05) is 25.7 Å². The van der Waals surface area contributed by atoms with E-state index in [1.165, 1.54) is 19.1 Å². The molecular formula is C29H27N3O6. The van der Waals surface area contributed by atoms with E-state index < -0.39 is 17.7 Å². The summed E-state index contributed by atoms with van der Waals surface area (Å²) in [4.78, 5) is 36.0. The Hall–Kier alpha value is -4.79. The second-order valence-corrected chi connectivity index (χ2v) is 8.82. The normalized spacial score (nSPS) is 16.7. The fourth-order valence-corrected chi connectivity index (χ4v) is 4.64. The number of nitrogens with zero attached hydrogens (tertiary/aromatic N) is 2. The zero-order valence-corrected chi connectivity index (χ0v) is 21.4. The molecule has 0 saturated carbocycles. The molecule has 1 aliphatic heterocycles. The third kappa shape index (κ3) is 4.21. The Morgan fingerprint density at radius 1 is 1.00 bits per heavy atom. The quantitative estimate of drug-likeness (QED) is 0.205. The van der Waals surface area contributed by atoms with Crippen molar-refractivity contribution < 1.29 is 28.9 Å². The van der Waals surface area contributed by atoms with Crippen LogP contribution in [0.5, 0.6) is 17.2 Å². The number of rotatable bonds is 7. The molecule has 2 heterocycles. The highest BCUT2D eigenvalue weighted by atomic mass is 16.5. The summed E-state index contributed by atoms with van der Waals surface area (Å²) >= 11 is 0. The molecule has 1 aliphatic rings. The van der Waals surface area contributed by atoms with Crippen molar-refractivity contribution in [3.05, 3.63) is 82.9 Å². The van der Waals surface area contributed by atoms with Gasteiger partial charge in [0.1, 0.15) is 11.5 Å². The van der Waals surface area contributed by atoms with E-state index in [9.17, 15) is 14.7 Å². The predicted molar refractivity (Wildman–Crippen MR) is 143 cm³/mol. The van der Waals surface area contributed by atoms with E-state index in [-0.39, 0.29) is 17.3 Å². The van der Waals surface area contributed by atoms with Crippen LogP contribution in [0.1, 0.15) is 29.7 Å². The highest BCUT2D eigenvalue weighted by Crippen LogP contribution is 2.43. The maximum Gasteiger partial charge on any atom is 0.302 e. The number of hydrogen-bond donors (Lipinski definition) is 2. The summed E-state index contributed by atoms with van der Waals surface area (Å²) in [6, 6.07) is 16.5. The number of ether oxygens (including phenoxy) is 3. The van der Waals surface area contributed by atoms with Crippen molar-refractivity contribution in [1.82, 2.24) is 9.97 Å². The van der Waals surface area contributed by atoms with Crippen molar-refractivity contribution in [2.45, 2.75) is 19.9 Å². The van der Waals surface area contributed by atoms with Crippen LogP contribution in [0.4, 0.5) is 5.95 Å². The summed E-state index contributed by atoms with van der Waals surface area (Å²) in [7, 11) is 3.02. The van der Waals surface area contributed by atoms with Gasteiger partial charge in [-0.3, -0.25) is 14.5 Å². The second kappa shape index (κ2) is 9.93. The number of amides is 1. The van der Waals surface area contributed by atoms with Gasteiger partial charge in [0.05, 0.1) is 43.5 Å². The number of carbonyl (C=O) groups excluding carboxylic acids is 2. The van der Waals surface area contributed by atoms with Gasteiger partial charge in [0.15, 0.2) is 11.5 Å². The molecule has 5 rings (SSSR count). The van der Waals surface area contributed by atoms with Crippen molar-refractivity contribution in [3.8, 4) is 17.2 Å². The van der Waals surface area contributed by atoms with Gasteiger partial charge in [-0.2, -0.15) is 0 Å². The molecule has 1 unspecified atom stereocenters. The molecule has 9 heteroatoms. The lowest BCUT2D eigenvalue weighted by atomic mass is 9.95. The molecule has 0 radical (unpaired) electrons. The first-order valence-corrected chi connectivity index (χ1v) is 12.1. The average molecular weight is 514 g/mol. The highest BCUT2D eigenvalue weighted by molar-refractivity contribution is 6.51.